The third kappa shape index (κ3) is 3.20. The molecule has 0 amide bonds. The number of fused-ring (bicyclic) bond motifs is 1. The lowest BCUT2D eigenvalue weighted by Crippen LogP contribution is -2.06. The lowest BCUT2D eigenvalue weighted by molar-refractivity contribution is 0.994. The summed E-state index contributed by atoms with van der Waals surface area (Å²) in [6, 6.07) is 17.2. The highest BCUT2D eigenvalue weighted by Crippen LogP contribution is 2.22. The molecule has 4 aromatic rings. The van der Waals surface area contributed by atoms with Crippen molar-refractivity contribution in [2.75, 3.05) is 16.8 Å². The summed E-state index contributed by atoms with van der Waals surface area (Å²) in [5.41, 5.74) is 15.9. The van der Waals surface area contributed by atoms with Gasteiger partial charge in [-0.05, 0) is 24.3 Å². The number of aromatic amines is 1. The Hall–Kier alpha value is -3.61. The van der Waals surface area contributed by atoms with E-state index in [1.807, 2.05) is 54.6 Å². The largest absolute Gasteiger partial charge is 0.399 e. The van der Waals surface area contributed by atoms with Crippen LogP contribution in [0.5, 0.6) is 0 Å². The standard InChI is InChI=1S/C18H17N7/c19-12-5-3-4-11(8-12)15-9-16(25-18(20)24-15)21-10-17-22-13-6-1-2-7-14(13)23-17/h1-9H,10,19H2,(H,22,23)(H3,20,21,24,25). The smallest absolute Gasteiger partial charge is 0.222 e. The van der Waals surface area contributed by atoms with Gasteiger partial charge in [-0.1, -0.05) is 24.3 Å². The summed E-state index contributed by atoms with van der Waals surface area (Å²) in [5, 5.41) is 3.23. The van der Waals surface area contributed by atoms with Crippen molar-refractivity contribution in [2.24, 2.45) is 0 Å². The van der Waals surface area contributed by atoms with Gasteiger partial charge in [0.2, 0.25) is 5.95 Å². The Bertz CT molecular complexity index is 1010. The number of para-hydroxylation sites is 2. The highest BCUT2D eigenvalue weighted by molar-refractivity contribution is 5.74. The van der Waals surface area contributed by atoms with Gasteiger partial charge in [-0.2, -0.15) is 4.98 Å². The SMILES string of the molecule is Nc1cccc(-c2cc(NCc3nc4ccccc4[nH]3)nc(N)n2)c1. The molecular weight excluding hydrogens is 314 g/mol. The molecule has 0 radical (unpaired) electrons. The van der Waals surface area contributed by atoms with Crippen LogP contribution in [-0.2, 0) is 6.54 Å². The van der Waals surface area contributed by atoms with Crippen molar-refractivity contribution in [3.05, 3.63) is 60.4 Å². The van der Waals surface area contributed by atoms with E-state index in [2.05, 4.69) is 25.3 Å². The zero-order chi connectivity index (χ0) is 17.2. The van der Waals surface area contributed by atoms with Crippen LogP contribution in [-0.4, -0.2) is 19.9 Å². The Morgan fingerprint density at radius 2 is 1.80 bits per heavy atom. The van der Waals surface area contributed by atoms with Crippen molar-refractivity contribution in [3.8, 4) is 11.3 Å². The fourth-order valence-corrected chi connectivity index (χ4v) is 2.67. The van der Waals surface area contributed by atoms with Crippen molar-refractivity contribution in [1.82, 2.24) is 19.9 Å². The quantitative estimate of drug-likeness (QED) is 0.427. The second-order valence-corrected chi connectivity index (χ2v) is 5.68. The highest BCUT2D eigenvalue weighted by Gasteiger charge is 2.07. The predicted octanol–water partition coefficient (Wildman–Crippen LogP) is 2.80. The molecule has 0 spiro atoms. The van der Waals surface area contributed by atoms with Gasteiger partial charge in [-0.3, -0.25) is 0 Å². The van der Waals surface area contributed by atoms with Gasteiger partial charge >= 0.3 is 0 Å². The van der Waals surface area contributed by atoms with E-state index >= 15 is 0 Å². The monoisotopic (exact) mass is 331 g/mol. The Morgan fingerprint density at radius 1 is 0.920 bits per heavy atom. The number of nitrogens with zero attached hydrogens (tertiary/aromatic N) is 3. The molecule has 2 aromatic carbocycles. The number of benzene rings is 2. The molecule has 0 bridgehead atoms. The number of nitrogens with one attached hydrogen (secondary N) is 2. The number of aromatic nitrogens is 4. The minimum absolute atomic E-state index is 0.201. The first-order valence-corrected chi connectivity index (χ1v) is 7.85. The fourth-order valence-electron chi connectivity index (χ4n) is 2.67. The maximum atomic E-state index is 5.85. The summed E-state index contributed by atoms with van der Waals surface area (Å²) in [5.74, 6) is 1.65. The van der Waals surface area contributed by atoms with Gasteiger partial charge in [-0.15, -0.1) is 0 Å². The molecule has 0 fully saturated rings. The van der Waals surface area contributed by atoms with Crippen LogP contribution in [0.3, 0.4) is 0 Å². The molecule has 7 nitrogen and oxygen atoms in total. The molecule has 0 aliphatic rings. The predicted molar refractivity (Wildman–Crippen MR) is 99.7 cm³/mol. The summed E-state index contributed by atoms with van der Waals surface area (Å²) >= 11 is 0. The second-order valence-electron chi connectivity index (χ2n) is 5.68. The highest BCUT2D eigenvalue weighted by atomic mass is 15.1. The molecule has 7 heteroatoms. The minimum atomic E-state index is 0.201. The molecule has 0 aliphatic heterocycles. The van der Waals surface area contributed by atoms with E-state index in [4.69, 9.17) is 11.5 Å². The topological polar surface area (TPSA) is 119 Å². The summed E-state index contributed by atoms with van der Waals surface area (Å²) in [4.78, 5) is 16.3. The van der Waals surface area contributed by atoms with Crippen LogP contribution in [0.2, 0.25) is 0 Å². The van der Waals surface area contributed by atoms with Crippen LogP contribution in [0.25, 0.3) is 22.3 Å². The van der Waals surface area contributed by atoms with E-state index in [0.29, 0.717) is 23.7 Å². The lowest BCUT2D eigenvalue weighted by atomic mass is 10.1. The van der Waals surface area contributed by atoms with Crippen LogP contribution in [0.15, 0.2) is 54.6 Å². The average Bonchev–Trinajstić information content (AvgIpc) is 3.02. The van der Waals surface area contributed by atoms with Gasteiger partial charge in [-0.25, -0.2) is 9.97 Å². The summed E-state index contributed by atoms with van der Waals surface area (Å²) in [7, 11) is 0. The first-order chi connectivity index (χ1) is 12.2. The second kappa shape index (κ2) is 6.12. The minimum Gasteiger partial charge on any atom is -0.399 e. The van der Waals surface area contributed by atoms with E-state index < -0.39 is 0 Å². The number of nitrogen functional groups attached to an aromatic ring is 2. The zero-order valence-corrected chi connectivity index (χ0v) is 13.4. The molecule has 0 aliphatic carbocycles. The number of anilines is 3. The molecule has 0 saturated heterocycles. The van der Waals surface area contributed by atoms with Crippen LogP contribution >= 0.6 is 0 Å². The lowest BCUT2D eigenvalue weighted by Gasteiger charge is -2.08. The van der Waals surface area contributed by atoms with Gasteiger partial charge in [0.1, 0.15) is 11.6 Å². The summed E-state index contributed by atoms with van der Waals surface area (Å²) < 4.78 is 0. The third-order valence-electron chi connectivity index (χ3n) is 3.80. The Balaban J connectivity index is 1.58. The molecular formula is C18H17N7. The molecule has 124 valence electrons. The Labute approximate surface area is 144 Å². The van der Waals surface area contributed by atoms with Gasteiger partial charge in [0.15, 0.2) is 0 Å². The first kappa shape index (κ1) is 14.9. The van der Waals surface area contributed by atoms with E-state index in [-0.39, 0.29) is 5.95 Å². The van der Waals surface area contributed by atoms with Crippen molar-refractivity contribution >= 4 is 28.5 Å². The molecule has 2 heterocycles. The Morgan fingerprint density at radius 3 is 2.64 bits per heavy atom. The number of nitrogens with two attached hydrogens (primary N) is 2. The zero-order valence-electron chi connectivity index (χ0n) is 13.4. The summed E-state index contributed by atoms with van der Waals surface area (Å²) in [6.07, 6.45) is 0. The van der Waals surface area contributed by atoms with E-state index in [0.717, 1.165) is 22.4 Å². The maximum absolute atomic E-state index is 5.85. The van der Waals surface area contributed by atoms with E-state index in [1.54, 1.807) is 0 Å². The van der Waals surface area contributed by atoms with Crippen molar-refractivity contribution < 1.29 is 0 Å². The number of hydrogen-bond acceptors (Lipinski definition) is 6. The maximum Gasteiger partial charge on any atom is 0.222 e. The molecule has 6 N–H and O–H groups in total. The molecule has 25 heavy (non-hydrogen) atoms. The van der Waals surface area contributed by atoms with Gasteiger partial charge < -0.3 is 21.8 Å². The number of hydrogen-bond donors (Lipinski definition) is 4. The Kier molecular flexibility index (Phi) is 3.66. The number of rotatable bonds is 4. The van der Waals surface area contributed by atoms with Crippen LogP contribution < -0.4 is 16.8 Å². The molecule has 2 aromatic heterocycles. The van der Waals surface area contributed by atoms with Gasteiger partial charge in [0.05, 0.1) is 23.3 Å². The summed E-state index contributed by atoms with van der Waals surface area (Å²) in [6.45, 7) is 0.501. The fraction of sp³-hybridized carbons (Fsp3) is 0.0556. The van der Waals surface area contributed by atoms with Crippen LogP contribution in [0, 0.1) is 0 Å². The number of imidazole rings is 1. The van der Waals surface area contributed by atoms with Crippen LogP contribution in [0.1, 0.15) is 5.82 Å². The van der Waals surface area contributed by atoms with Crippen molar-refractivity contribution in [2.45, 2.75) is 6.54 Å². The molecule has 0 unspecified atom stereocenters. The number of H-pyrrole nitrogens is 1. The van der Waals surface area contributed by atoms with Gasteiger partial charge in [0, 0.05) is 17.3 Å². The van der Waals surface area contributed by atoms with Crippen LogP contribution in [0.4, 0.5) is 17.5 Å². The normalized spacial score (nSPS) is 10.9. The molecule has 0 atom stereocenters. The molecule has 0 saturated carbocycles. The van der Waals surface area contributed by atoms with Crippen molar-refractivity contribution in [3.63, 3.8) is 0 Å². The first-order valence-electron chi connectivity index (χ1n) is 7.85. The molecule has 4 rings (SSSR count). The van der Waals surface area contributed by atoms with E-state index in [1.165, 1.54) is 0 Å². The van der Waals surface area contributed by atoms with E-state index in [9.17, 15) is 0 Å². The van der Waals surface area contributed by atoms with Gasteiger partial charge in [0.25, 0.3) is 0 Å². The van der Waals surface area contributed by atoms with Crippen molar-refractivity contribution in [1.29, 1.82) is 0 Å². The third-order valence-corrected chi connectivity index (χ3v) is 3.80. The average molecular weight is 331 g/mol.